The minimum absolute atomic E-state index is 0.180. The topological polar surface area (TPSA) is 37.3 Å². The summed E-state index contributed by atoms with van der Waals surface area (Å²) in [6, 6.07) is 10.6. The highest BCUT2D eigenvalue weighted by Gasteiger charge is 2.34. The van der Waals surface area contributed by atoms with E-state index in [2.05, 4.69) is 0 Å². The molecular formula is C14H13ClO2S. The van der Waals surface area contributed by atoms with Crippen LogP contribution in [0.5, 0.6) is 5.75 Å². The maximum absolute atomic E-state index is 11.8. The van der Waals surface area contributed by atoms with Gasteiger partial charge in [0, 0.05) is 4.88 Å². The first-order valence-electron chi connectivity index (χ1n) is 5.54. The van der Waals surface area contributed by atoms with E-state index in [1.54, 1.807) is 35.6 Å². The van der Waals surface area contributed by atoms with Crippen molar-refractivity contribution in [3.8, 4) is 5.75 Å². The first-order chi connectivity index (χ1) is 8.52. The Bertz CT molecular complexity index is 533. The molecule has 0 aliphatic rings. The Morgan fingerprint density at radius 2 is 2.00 bits per heavy atom. The summed E-state index contributed by atoms with van der Waals surface area (Å²) in [6.45, 7) is 1.83. The predicted octanol–water partition coefficient (Wildman–Crippen LogP) is 3.72. The Labute approximate surface area is 115 Å². The smallest absolute Gasteiger partial charge is 0.232 e. The Balaban J connectivity index is 2.37. The van der Waals surface area contributed by atoms with Crippen molar-refractivity contribution in [3.63, 3.8) is 0 Å². The molecule has 1 N–H and O–H groups in total. The highest BCUT2D eigenvalue weighted by Crippen LogP contribution is 2.33. The van der Waals surface area contributed by atoms with Crippen LogP contribution < -0.4 is 0 Å². The third-order valence-electron chi connectivity index (χ3n) is 3.05. The molecule has 2 aromatic rings. The number of halogens is 1. The highest BCUT2D eigenvalue weighted by molar-refractivity contribution is 7.09. The van der Waals surface area contributed by atoms with Crippen LogP contribution in [0.4, 0.5) is 0 Å². The van der Waals surface area contributed by atoms with Gasteiger partial charge in [-0.1, -0.05) is 18.2 Å². The second kappa shape index (κ2) is 5.12. The van der Waals surface area contributed by atoms with Crippen LogP contribution in [-0.2, 0) is 16.6 Å². The molecule has 1 atom stereocenters. The van der Waals surface area contributed by atoms with E-state index in [1.807, 2.05) is 24.4 Å². The molecule has 0 fully saturated rings. The van der Waals surface area contributed by atoms with E-state index in [0.29, 0.717) is 6.42 Å². The van der Waals surface area contributed by atoms with Gasteiger partial charge in [0.15, 0.2) is 0 Å². The van der Waals surface area contributed by atoms with E-state index in [0.717, 1.165) is 10.4 Å². The first kappa shape index (κ1) is 13.1. The zero-order valence-corrected chi connectivity index (χ0v) is 11.5. The lowest BCUT2D eigenvalue weighted by molar-refractivity contribution is -0.116. The molecule has 1 aromatic carbocycles. The number of aromatic hydroxyl groups is 1. The van der Waals surface area contributed by atoms with Gasteiger partial charge in [0.2, 0.25) is 5.24 Å². The molecule has 0 amide bonds. The number of hydrogen-bond donors (Lipinski definition) is 1. The maximum Gasteiger partial charge on any atom is 0.232 e. The van der Waals surface area contributed by atoms with Gasteiger partial charge < -0.3 is 5.11 Å². The van der Waals surface area contributed by atoms with Crippen molar-refractivity contribution >= 4 is 28.2 Å². The summed E-state index contributed by atoms with van der Waals surface area (Å²) in [4.78, 5) is 12.9. The molecule has 0 spiro atoms. The second-order valence-corrected chi connectivity index (χ2v) is 5.78. The number of phenols is 1. The normalized spacial score (nSPS) is 14.1. The average molecular weight is 281 g/mol. The summed E-state index contributed by atoms with van der Waals surface area (Å²) in [5.41, 5.74) is 0.0498. The summed E-state index contributed by atoms with van der Waals surface area (Å²) in [6.07, 6.45) is 0.567. The van der Waals surface area contributed by atoms with Crippen molar-refractivity contribution in [2.45, 2.75) is 18.8 Å². The van der Waals surface area contributed by atoms with E-state index >= 15 is 0 Å². The summed E-state index contributed by atoms with van der Waals surface area (Å²) < 4.78 is 0. The molecule has 0 bridgehead atoms. The fourth-order valence-corrected chi connectivity index (χ4v) is 2.91. The Morgan fingerprint density at radius 1 is 1.33 bits per heavy atom. The van der Waals surface area contributed by atoms with Crippen LogP contribution in [0.25, 0.3) is 0 Å². The van der Waals surface area contributed by atoms with Crippen molar-refractivity contribution < 1.29 is 9.90 Å². The minimum Gasteiger partial charge on any atom is -0.508 e. The van der Waals surface area contributed by atoms with E-state index in [-0.39, 0.29) is 11.0 Å². The SMILES string of the molecule is CC(Cc1cccs1)(C(=O)Cl)c1ccc(O)cc1. The molecule has 0 aliphatic carbocycles. The molecular weight excluding hydrogens is 268 g/mol. The van der Waals surface area contributed by atoms with E-state index in [9.17, 15) is 9.90 Å². The molecule has 18 heavy (non-hydrogen) atoms. The molecule has 4 heteroatoms. The molecule has 0 saturated heterocycles. The molecule has 2 nitrogen and oxygen atoms in total. The summed E-state index contributed by atoms with van der Waals surface area (Å²) in [5.74, 6) is 0.180. The van der Waals surface area contributed by atoms with Crippen LogP contribution >= 0.6 is 22.9 Å². The Hall–Kier alpha value is -1.32. The van der Waals surface area contributed by atoms with Crippen molar-refractivity contribution in [1.29, 1.82) is 0 Å². The third kappa shape index (κ3) is 2.57. The number of thiophene rings is 1. The van der Waals surface area contributed by atoms with Gasteiger partial charge in [-0.15, -0.1) is 11.3 Å². The van der Waals surface area contributed by atoms with Gasteiger partial charge in [-0.25, -0.2) is 0 Å². The van der Waals surface area contributed by atoms with E-state index < -0.39 is 5.41 Å². The zero-order valence-electron chi connectivity index (χ0n) is 9.89. The van der Waals surface area contributed by atoms with Crippen LogP contribution in [0.1, 0.15) is 17.4 Å². The lowest BCUT2D eigenvalue weighted by Gasteiger charge is -2.25. The lowest BCUT2D eigenvalue weighted by atomic mass is 9.80. The quantitative estimate of drug-likeness (QED) is 0.867. The van der Waals surface area contributed by atoms with Crippen LogP contribution in [0.2, 0.25) is 0 Å². The van der Waals surface area contributed by atoms with Gasteiger partial charge in [-0.3, -0.25) is 4.79 Å². The van der Waals surface area contributed by atoms with Crippen LogP contribution in [-0.4, -0.2) is 10.3 Å². The number of benzene rings is 1. The summed E-state index contributed by atoms with van der Waals surface area (Å²) in [7, 11) is 0. The van der Waals surface area contributed by atoms with Gasteiger partial charge >= 0.3 is 0 Å². The fraction of sp³-hybridized carbons (Fsp3) is 0.214. The summed E-state index contributed by atoms with van der Waals surface area (Å²) >= 11 is 7.38. The first-order valence-corrected chi connectivity index (χ1v) is 6.80. The van der Waals surface area contributed by atoms with Crippen molar-refractivity contribution in [2.24, 2.45) is 0 Å². The van der Waals surface area contributed by atoms with Gasteiger partial charge in [0.1, 0.15) is 5.75 Å². The van der Waals surface area contributed by atoms with Gasteiger partial charge in [-0.2, -0.15) is 0 Å². The monoisotopic (exact) mass is 280 g/mol. The van der Waals surface area contributed by atoms with Crippen LogP contribution in [0.15, 0.2) is 41.8 Å². The maximum atomic E-state index is 11.8. The average Bonchev–Trinajstić information content (AvgIpc) is 2.82. The van der Waals surface area contributed by atoms with Gasteiger partial charge in [0.05, 0.1) is 5.41 Å². The minimum atomic E-state index is -0.764. The molecule has 94 valence electrons. The van der Waals surface area contributed by atoms with E-state index in [1.165, 1.54) is 0 Å². The van der Waals surface area contributed by atoms with Gasteiger partial charge in [0.25, 0.3) is 0 Å². The van der Waals surface area contributed by atoms with Crippen molar-refractivity contribution in [2.75, 3.05) is 0 Å². The van der Waals surface area contributed by atoms with Crippen LogP contribution in [0, 0.1) is 0 Å². The van der Waals surface area contributed by atoms with Crippen LogP contribution in [0.3, 0.4) is 0 Å². The number of carbonyl (C=O) groups excluding carboxylic acids is 1. The van der Waals surface area contributed by atoms with E-state index in [4.69, 9.17) is 11.6 Å². The fourth-order valence-electron chi connectivity index (χ4n) is 1.88. The Morgan fingerprint density at radius 3 is 2.50 bits per heavy atom. The zero-order chi connectivity index (χ0) is 13.2. The molecule has 0 aliphatic heterocycles. The third-order valence-corrected chi connectivity index (χ3v) is 4.34. The highest BCUT2D eigenvalue weighted by atomic mass is 35.5. The molecule has 1 aromatic heterocycles. The molecule has 1 unspecified atom stereocenters. The van der Waals surface area contributed by atoms with Crippen molar-refractivity contribution in [1.82, 2.24) is 0 Å². The predicted molar refractivity (Wildman–Crippen MR) is 74.3 cm³/mol. The summed E-state index contributed by atoms with van der Waals surface area (Å²) in [5, 5.41) is 10.9. The Kier molecular flexibility index (Phi) is 3.73. The molecule has 0 radical (unpaired) electrons. The largest absolute Gasteiger partial charge is 0.508 e. The number of phenolic OH excluding ortho intramolecular Hbond substituents is 1. The lowest BCUT2D eigenvalue weighted by Crippen LogP contribution is -2.31. The number of rotatable bonds is 4. The second-order valence-electron chi connectivity index (χ2n) is 4.41. The standard InChI is InChI=1S/C14H13ClO2S/c1-14(13(15)17,9-12-3-2-8-18-12)10-4-6-11(16)7-5-10/h2-8,16H,9H2,1H3. The molecule has 0 saturated carbocycles. The molecule has 2 rings (SSSR count). The van der Waals surface area contributed by atoms with Gasteiger partial charge in [-0.05, 0) is 54.1 Å². The number of hydrogen-bond acceptors (Lipinski definition) is 3. The molecule has 1 heterocycles. The van der Waals surface area contributed by atoms with Crippen molar-refractivity contribution in [3.05, 3.63) is 52.2 Å². The number of carbonyl (C=O) groups is 1.